The summed E-state index contributed by atoms with van der Waals surface area (Å²) in [4.78, 5) is 13.4. The fraction of sp³-hybridized carbons (Fsp3) is 0.417. The summed E-state index contributed by atoms with van der Waals surface area (Å²) in [5, 5.41) is 9.79. The fourth-order valence-corrected chi connectivity index (χ4v) is 2.01. The highest BCUT2D eigenvalue weighted by molar-refractivity contribution is 6.33. The third-order valence-corrected chi connectivity index (χ3v) is 3.14. The number of nitrogens with zero attached hydrogens (tertiary/aromatic N) is 1. The molecule has 0 aliphatic carbocycles. The highest BCUT2D eigenvalue weighted by Crippen LogP contribution is 2.29. The molecule has 92 valence electrons. The topological polar surface area (TPSA) is 49.8 Å². The molecule has 2 rings (SSSR count). The second-order valence-electron chi connectivity index (χ2n) is 4.33. The maximum absolute atomic E-state index is 11.8. The number of aliphatic hydroxyl groups is 1. The Kier molecular flexibility index (Phi) is 3.38. The van der Waals surface area contributed by atoms with Gasteiger partial charge >= 0.3 is 0 Å². The minimum absolute atomic E-state index is 0.0394. The first-order valence-electron chi connectivity index (χ1n) is 5.35. The summed E-state index contributed by atoms with van der Waals surface area (Å²) in [6.07, 6.45) is 0. The molecule has 1 amide bonds. The number of anilines is 1. The Morgan fingerprint density at radius 1 is 1.53 bits per heavy atom. The lowest BCUT2D eigenvalue weighted by Crippen LogP contribution is -2.55. The zero-order chi connectivity index (χ0) is 12.5. The number of aliphatic hydroxyl groups excluding tert-OH is 1. The summed E-state index contributed by atoms with van der Waals surface area (Å²) in [5.41, 5.74) is -0.0743. The van der Waals surface area contributed by atoms with Crippen molar-refractivity contribution in [2.75, 3.05) is 24.7 Å². The molecule has 1 N–H and O–H groups in total. The van der Waals surface area contributed by atoms with Crippen molar-refractivity contribution in [3.63, 3.8) is 0 Å². The molecular formula is C12H14ClNO3. The molecule has 4 nitrogen and oxygen atoms in total. The van der Waals surface area contributed by atoms with Gasteiger partial charge in [0.15, 0.2) is 0 Å². The number of carbonyl (C=O) groups is 1. The predicted octanol–water partition coefficient (Wildman–Crippen LogP) is 1.45. The molecular weight excluding hydrogens is 242 g/mol. The van der Waals surface area contributed by atoms with Gasteiger partial charge in [-0.15, -0.1) is 0 Å². The van der Waals surface area contributed by atoms with E-state index in [9.17, 15) is 9.90 Å². The monoisotopic (exact) mass is 255 g/mol. The van der Waals surface area contributed by atoms with Crippen LogP contribution in [0.3, 0.4) is 0 Å². The lowest BCUT2D eigenvalue weighted by molar-refractivity contribution is -0.141. The zero-order valence-corrected chi connectivity index (χ0v) is 10.3. The van der Waals surface area contributed by atoms with Crippen LogP contribution in [0.5, 0.6) is 0 Å². The molecule has 5 heteroatoms. The number of amides is 1. The van der Waals surface area contributed by atoms with Crippen molar-refractivity contribution in [3.05, 3.63) is 29.3 Å². The van der Waals surface area contributed by atoms with Crippen LogP contribution in [0.15, 0.2) is 24.3 Å². The molecule has 1 aromatic carbocycles. The summed E-state index contributed by atoms with van der Waals surface area (Å²) in [7, 11) is 0. The van der Waals surface area contributed by atoms with Gasteiger partial charge in [-0.1, -0.05) is 23.7 Å². The van der Waals surface area contributed by atoms with Crippen LogP contribution in [0.1, 0.15) is 6.92 Å². The van der Waals surface area contributed by atoms with E-state index in [1.54, 1.807) is 24.0 Å². The van der Waals surface area contributed by atoms with Crippen LogP contribution >= 0.6 is 11.6 Å². The number of hydrogen-bond donors (Lipinski definition) is 1. The van der Waals surface area contributed by atoms with Crippen LogP contribution in [0.2, 0.25) is 5.02 Å². The van der Waals surface area contributed by atoms with E-state index in [-0.39, 0.29) is 19.1 Å². The number of ether oxygens (including phenoxy) is 1. The van der Waals surface area contributed by atoms with Crippen LogP contribution in [0, 0.1) is 0 Å². The van der Waals surface area contributed by atoms with Gasteiger partial charge in [0, 0.05) is 0 Å². The number of para-hydroxylation sites is 1. The van der Waals surface area contributed by atoms with Crippen LogP contribution in [-0.4, -0.2) is 36.4 Å². The van der Waals surface area contributed by atoms with Crippen LogP contribution in [0.4, 0.5) is 5.69 Å². The highest BCUT2D eigenvalue weighted by Gasteiger charge is 2.36. The van der Waals surface area contributed by atoms with Crippen LogP contribution in [-0.2, 0) is 9.53 Å². The normalized spacial score (nSPS) is 25.1. The van der Waals surface area contributed by atoms with E-state index < -0.39 is 5.60 Å². The third kappa shape index (κ3) is 2.44. The summed E-state index contributed by atoms with van der Waals surface area (Å²) >= 11 is 6.06. The van der Waals surface area contributed by atoms with Crippen molar-refractivity contribution < 1.29 is 14.6 Å². The first-order valence-corrected chi connectivity index (χ1v) is 5.73. The van der Waals surface area contributed by atoms with Gasteiger partial charge in [0.1, 0.15) is 12.2 Å². The quantitative estimate of drug-likeness (QED) is 0.870. The van der Waals surface area contributed by atoms with Gasteiger partial charge in [-0.3, -0.25) is 4.79 Å². The molecule has 1 atom stereocenters. The number of benzene rings is 1. The molecule has 1 aromatic rings. The van der Waals surface area contributed by atoms with Gasteiger partial charge < -0.3 is 14.7 Å². The minimum Gasteiger partial charge on any atom is -0.393 e. The number of carbonyl (C=O) groups excluding carboxylic acids is 1. The molecule has 1 aliphatic heterocycles. The molecule has 1 heterocycles. The van der Waals surface area contributed by atoms with Crippen LogP contribution in [0.25, 0.3) is 0 Å². The van der Waals surface area contributed by atoms with E-state index in [1.807, 2.05) is 12.1 Å². The lowest BCUT2D eigenvalue weighted by atomic mass is 10.0. The number of halogens is 1. The molecule has 1 fully saturated rings. The zero-order valence-electron chi connectivity index (χ0n) is 9.52. The van der Waals surface area contributed by atoms with Gasteiger partial charge in [-0.25, -0.2) is 0 Å². The summed E-state index contributed by atoms with van der Waals surface area (Å²) < 4.78 is 5.33. The molecule has 1 aliphatic rings. The predicted molar refractivity (Wildman–Crippen MR) is 65.2 cm³/mol. The largest absolute Gasteiger partial charge is 0.393 e. The molecule has 0 aromatic heterocycles. The van der Waals surface area contributed by atoms with Gasteiger partial charge in [-0.2, -0.15) is 0 Å². The Bertz CT molecular complexity index is 438. The standard InChI is InChI=1S/C12H14ClNO3/c1-12(8-15)7-14(11(16)6-17-12)10-5-3-2-4-9(10)13/h2-5,15H,6-8H2,1H3. The second kappa shape index (κ2) is 4.64. The number of rotatable bonds is 2. The SMILES string of the molecule is CC1(CO)CN(c2ccccc2Cl)C(=O)CO1. The average Bonchev–Trinajstić information content (AvgIpc) is 2.34. The third-order valence-electron chi connectivity index (χ3n) is 2.82. The summed E-state index contributed by atoms with van der Waals surface area (Å²) in [6, 6.07) is 7.14. The Labute approximate surface area is 105 Å². The van der Waals surface area contributed by atoms with Gasteiger partial charge in [0.05, 0.1) is 23.9 Å². The highest BCUT2D eigenvalue weighted by atomic mass is 35.5. The molecule has 0 saturated carbocycles. The van der Waals surface area contributed by atoms with Gasteiger partial charge in [-0.05, 0) is 19.1 Å². The second-order valence-corrected chi connectivity index (χ2v) is 4.74. The van der Waals surface area contributed by atoms with Crippen molar-refractivity contribution in [2.45, 2.75) is 12.5 Å². The van der Waals surface area contributed by atoms with Crippen molar-refractivity contribution in [3.8, 4) is 0 Å². The van der Waals surface area contributed by atoms with E-state index in [0.717, 1.165) is 0 Å². The molecule has 17 heavy (non-hydrogen) atoms. The minimum atomic E-state index is -0.729. The van der Waals surface area contributed by atoms with E-state index in [0.29, 0.717) is 17.3 Å². The number of hydrogen-bond acceptors (Lipinski definition) is 3. The maximum atomic E-state index is 11.8. The first-order chi connectivity index (χ1) is 8.06. The average molecular weight is 256 g/mol. The number of morpholine rings is 1. The molecule has 0 radical (unpaired) electrons. The Morgan fingerprint density at radius 2 is 2.24 bits per heavy atom. The summed E-state index contributed by atoms with van der Waals surface area (Å²) in [5.74, 6) is -0.149. The van der Waals surface area contributed by atoms with E-state index in [1.165, 1.54) is 0 Å². The van der Waals surface area contributed by atoms with Gasteiger partial charge in [0.2, 0.25) is 0 Å². The van der Waals surface area contributed by atoms with Crippen molar-refractivity contribution in [1.82, 2.24) is 0 Å². The first kappa shape index (κ1) is 12.4. The van der Waals surface area contributed by atoms with E-state index >= 15 is 0 Å². The maximum Gasteiger partial charge on any atom is 0.253 e. The Morgan fingerprint density at radius 3 is 2.88 bits per heavy atom. The Balaban J connectivity index is 2.30. The van der Waals surface area contributed by atoms with E-state index in [4.69, 9.17) is 16.3 Å². The molecule has 0 spiro atoms. The molecule has 1 saturated heterocycles. The van der Waals surface area contributed by atoms with Crippen LogP contribution < -0.4 is 4.90 Å². The Hall–Kier alpha value is -1.10. The lowest BCUT2D eigenvalue weighted by Gasteiger charge is -2.39. The summed E-state index contributed by atoms with van der Waals surface area (Å²) in [6.45, 7) is 1.89. The molecule has 0 bridgehead atoms. The van der Waals surface area contributed by atoms with Crippen molar-refractivity contribution >= 4 is 23.2 Å². The van der Waals surface area contributed by atoms with Gasteiger partial charge in [0.25, 0.3) is 5.91 Å². The van der Waals surface area contributed by atoms with Crippen molar-refractivity contribution in [1.29, 1.82) is 0 Å². The van der Waals surface area contributed by atoms with Crippen molar-refractivity contribution in [2.24, 2.45) is 0 Å². The fourth-order valence-electron chi connectivity index (χ4n) is 1.77. The molecule has 1 unspecified atom stereocenters. The van der Waals surface area contributed by atoms with E-state index in [2.05, 4.69) is 0 Å². The smallest absolute Gasteiger partial charge is 0.253 e.